The van der Waals surface area contributed by atoms with E-state index in [1.165, 1.54) is 4.88 Å². The topological polar surface area (TPSA) is 71.2 Å². The summed E-state index contributed by atoms with van der Waals surface area (Å²) >= 11 is 5.21. The number of halogens is 1. The summed E-state index contributed by atoms with van der Waals surface area (Å²) in [6.07, 6.45) is 0. The fourth-order valence-electron chi connectivity index (χ4n) is 1.80. The van der Waals surface area contributed by atoms with Gasteiger partial charge in [-0.15, -0.1) is 11.3 Å². The van der Waals surface area contributed by atoms with E-state index >= 15 is 0 Å². The molecular formula is C13H19BrN6S. The lowest BCUT2D eigenvalue weighted by atomic mass is 10.2. The Morgan fingerprint density at radius 1 is 1.24 bits per heavy atom. The Balaban J connectivity index is 2.16. The number of nitrogen functional groups attached to an aromatic ring is 1. The van der Waals surface area contributed by atoms with Crippen molar-refractivity contribution in [1.29, 1.82) is 0 Å². The number of nitrogens with zero attached hydrogens (tertiary/aromatic N) is 5. The van der Waals surface area contributed by atoms with Gasteiger partial charge in [0, 0.05) is 25.5 Å². The van der Waals surface area contributed by atoms with Crippen molar-refractivity contribution in [3.05, 3.63) is 26.6 Å². The molecule has 114 valence electrons. The molecule has 1 atom stereocenters. The maximum atomic E-state index is 5.78. The van der Waals surface area contributed by atoms with Gasteiger partial charge in [0.15, 0.2) is 5.82 Å². The summed E-state index contributed by atoms with van der Waals surface area (Å²) < 4.78 is 1.14. The quantitative estimate of drug-likeness (QED) is 0.871. The van der Waals surface area contributed by atoms with E-state index in [1.54, 1.807) is 11.3 Å². The van der Waals surface area contributed by atoms with Crippen molar-refractivity contribution in [1.82, 2.24) is 19.9 Å². The lowest BCUT2D eigenvalue weighted by Gasteiger charge is -2.23. The van der Waals surface area contributed by atoms with E-state index < -0.39 is 0 Å². The van der Waals surface area contributed by atoms with Gasteiger partial charge >= 0.3 is 0 Å². The van der Waals surface area contributed by atoms with Crippen LogP contribution in [0.2, 0.25) is 0 Å². The Hall–Kier alpha value is -1.25. The van der Waals surface area contributed by atoms with Gasteiger partial charge in [0.05, 0.1) is 9.83 Å². The minimum Gasteiger partial charge on any atom is -0.368 e. The van der Waals surface area contributed by atoms with Crippen LogP contribution in [0.25, 0.3) is 0 Å². The third-order valence-electron chi connectivity index (χ3n) is 3.13. The molecule has 0 aliphatic carbocycles. The summed E-state index contributed by atoms with van der Waals surface area (Å²) in [7, 11) is 5.82. The molecule has 0 radical (unpaired) electrons. The highest BCUT2D eigenvalue weighted by Gasteiger charge is 2.18. The largest absolute Gasteiger partial charge is 0.368 e. The summed E-state index contributed by atoms with van der Waals surface area (Å²) in [5.74, 6) is 1.52. The van der Waals surface area contributed by atoms with Crippen LogP contribution in [0.4, 0.5) is 11.9 Å². The third-order valence-corrected chi connectivity index (χ3v) is 4.74. The Kier molecular flexibility index (Phi) is 5.13. The van der Waals surface area contributed by atoms with Crippen molar-refractivity contribution in [3.8, 4) is 0 Å². The number of hydrogen-bond donors (Lipinski definition) is 1. The molecule has 2 rings (SSSR count). The average Bonchev–Trinajstić information content (AvgIpc) is 2.82. The normalized spacial score (nSPS) is 12.7. The predicted octanol–water partition coefficient (Wildman–Crippen LogP) is 2.54. The number of nitrogens with two attached hydrogens (primary N) is 1. The van der Waals surface area contributed by atoms with Crippen LogP contribution in [0.3, 0.4) is 0 Å². The highest BCUT2D eigenvalue weighted by atomic mass is 79.9. The maximum absolute atomic E-state index is 5.78. The van der Waals surface area contributed by atoms with Crippen LogP contribution in [0.1, 0.15) is 23.7 Å². The van der Waals surface area contributed by atoms with E-state index in [4.69, 9.17) is 5.73 Å². The average molecular weight is 371 g/mol. The van der Waals surface area contributed by atoms with Gasteiger partial charge in [-0.2, -0.15) is 15.0 Å². The summed E-state index contributed by atoms with van der Waals surface area (Å²) in [4.78, 5) is 18.2. The van der Waals surface area contributed by atoms with Gasteiger partial charge in [-0.25, -0.2) is 0 Å². The summed E-state index contributed by atoms with van der Waals surface area (Å²) in [6.45, 7) is 2.90. The first-order valence-corrected chi connectivity index (χ1v) is 8.11. The zero-order chi connectivity index (χ0) is 15.6. The molecule has 8 heteroatoms. The molecule has 2 aromatic heterocycles. The first-order valence-electron chi connectivity index (χ1n) is 6.50. The monoisotopic (exact) mass is 370 g/mol. The van der Waals surface area contributed by atoms with E-state index in [0.717, 1.165) is 10.3 Å². The molecule has 6 nitrogen and oxygen atoms in total. The molecule has 0 amide bonds. The molecule has 0 spiro atoms. The maximum Gasteiger partial charge on any atom is 0.229 e. The van der Waals surface area contributed by atoms with E-state index in [-0.39, 0.29) is 12.0 Å². The number of aromatic nitrogens is 3. The van der Waals surface area contributed by atoms with Gasteiger partial charge < -0.3 is 10.6 Å². The van der Waals surface area contributed by atoms with Gasteiger partial charge in [0.1, 0.15) is 0 Å². The molecule has 2 heterocycles. The van der Waals surface area contributed by atoms with Crippen LogP contribution in [-0.2, 0) is 6.54 Å². The predicted molar refractivity (Wildman–Crippen MR) is 90.5 cm³/mol. The van der Waals surface area contributed by atoms with Gasteiger partial charge in [-0.3, -0.25) is 4.90 Å². The van der Waals surface area contributed by atoms with E-state index in [9.17, 15) is 0 Å². The molecular weight excluding hydrogens is 352 g/mol. The van der Waals surface area contributed by atoms with Gasteiger partial charge in [0.25, 0.3) is 0 Å². The van der Waals surface area contributed by atoms with Gasteiger partial charge in [-0.1, -0.05) is 0 Å². The highest BCUT2D eigenvalue weighted by molar-refractivity contribution is 9.11. The Morgan fingerprint density at radius 3 is 2.52 bits per heavy atom. The van der Waals surface area contributed by atoms with Gasteiger partial charge in [-0.05, 0) is 42.0 Å². The van der Waals surface area contributed by atoms with Crippen LogP contribution >= 0.6 is 27.3 Å². The SMILES string of the molecule is C[C@@H](c1nc(N)nc(N(C)C)n1)N(C)Cc1ccc(Br)s1. The van der Waals surface area contributed by atoms with E-state index in [2.05, 4.69) is 54.8 Å². The smallest absolute Gasteiger partial charge is 0.229 e. The number of anilines is 2. The summed E-state index contributed by atoms with van der Waals surface area (Å²) in [5, 5.41) is 0. The summed E-state index contributed by atoms with van der Waals surface area (Å²) in [5.41, 5.74) is 5.78. The number of thiophene rings is 1. The van der Waals surface area contributed by atoms with E-state index in [0.29, 0.717) is 11.8 Å². The van der Waals surface area contributed by atoms with Crippen molar-refractivity contribution in [3.63, 3.8) is 0 Å². The van der Waals surface area contributed by atoms with Crippen molar-refractivity contribution >= 4 is 39.2 Å². The van der Waals surface area contributed by atoms with Crippen LogP contribution in [0.5, 0.6) is 0 Å². The van der Waals surface area contributed by atoms with E-state index in [1.807, 2.05) is 26.0 Å². The summed E-state index contributed by atoms with van der Waals surface area (Å²) in [6, 6.07) is 4.23. The zero-order valence-electron chi connectivity index (χ0n) is 12.5. The second-order valence-corrected chi connectivity index (χ2v) is 7.59. The first kappa shape index (κ1) is 16.1. The minimum absolute atomic E-state index is 0.0508. The van der Waals surface area contributed by atoms with Crippen LogP contribution < -0.4 is 10.6 Å². The zero-order valence-corrected chi connectivity index (χ0v) is 14.9. The molecule has 21 heavy (non-hydrogen) atoms. The first-order chi connectivity index (χ1) is 9.86. The van der Waals surface area contributed by atoms with Crippen molar-refractivity contribution in [2.75, 3.05) is 31.8 Å². The highest BCUT2D eigenvalue weighted by Crippen LogP contribution is 2.26. The van der Waals surface area contributed by atoms with Crippen molar-refractivity contribution in [2.45, 2.75) is 19.5 Å². The molecule has 2 aromatic rings. The fourth-order valence-corrected chi connectivity index (χ4v) is 3.35. The third kappa shape index (κ3) is 4.12. The van der Waals surface area contributed by atoms with Crippen LogP contribution in [0.15, 0.2) is 15.9 Å². The van der Waals surface area contributed by atoms with Crippen LogP contribution in [-0.4, -0.2) is 41.0 Å². The standard InChI is InChI=1S/C13H19BrN6S/c1-8(20(4)7-9-5-6-10(14)21-9)11-16-12(15)18-13(17-11)19(2)3/h5-6,8H,7H2,1-4H3,(H2,15,16,17,18)/t8-/m0/s1. The fraction of sp³-hybridized carbons (Fsp3) is 0.462. The minimum atomic E-state index is 0.0508. The molecule has 0 saturated heterocycles. The molecule has 0 unspecified atom stereocenters. The van der Waals surface area contributed by atoms with Crippen molar-refractivity contribution in [2.24, 2.45) is 0 Å². The Labute approximate surface area is 137 Å². The molecule has 0 saturated carbocycles. The number of rotatable bonds is 5. The second-order valence-electron chi connectivity index (χ2n) is 5.04. The molecule has 0 aliphatic rings. The van der Waals surface area contributed by atoms with Gasteiger partial charge in [0.2, 0.25) is 11.9 Å². The lowest BCUT2D eigenvalue weighted by molar-refractivity contribution is 0.246. The van der Waals surface area contributed by atoms with Crippen molar-refractivity contribution < 1.29 is 0 Å². The molecule has 2 N–H and O–H groups in total. The lowest BCUT2D eigenvalue weighted by Crippen LogP contribution is -2.25. The molecule has 0 aliphatic heterocycles. The second kappa shape index (κ2) is 6.67. The Morgan fingerprint density at radius 2 is 1.95 bits per heavy atom. The molecule has 0 bridgehead atoms. The molecule has 0 aromatic carbocycles. The molecule has 0 fully saturated rings. The van der Waals surface area contributed by atoms with Crippen LogP contribution in [0, 0.1) is 0 Å². The Bertz CT molecular complexity index is 614. The number of hydrogen-bond acceptors (Lipinski definition) is 7.